The molecule has 1 rings (SSSR count). The Bertz CT molecular complexity index is 255. The van der Waals surface area contributed by atoms with Gasteiger partial charge in [-0.2, -0.15) is 0 Å². The van der Waals surface area contributed by atoms with Crippen LogP contribution in [-0.4, -0.2) is 19.5 Å². The molecule has 0 aromatic rings. The van der Waals surface area contributed by atoms with Crippen LogP contribution in [0.4, 0.5) is 0 Å². The largest absolute Gasteiger partial charge is 0.353 e. The zero-order chi connectivity index (χ0) is 12.1. The minimum absolute atomic E-state index is 0.00234. The molecule has 0 spiro atoms. The predicted molar refractivity (Wildman–Crippen MR) is 67.2 cm³/mol. The molecule has 4 unspecified atom stereocenters. The molecule has 2 heteroatoms. The molecular formula is C14H24O2. The molecule has 1 fully saturated rings. The summed E-state index contributed by atoms with van der Waals surface area (Å²) in [5.74, 6) is 1.09. The number of hydrogen-bond donors (Lipinski definition) is 0. The first-order valence-corrected chi connectivity index (χ1v) is 6.13. The second kappa shape index (κ2) is 6.21. The fraction of sp³-hybridized carbons (Fsp3) is 0.714. The van der Waals surface area contributed by atoms with E-state index >= 15 is 0 Å². The van der Waals surface area contributed by atoms with Gasteiger partial charge < -0.3 is 9.47 Å². The number of allylic oxidation sites excluding steroid dienone is 2. The van der Waals surface area contributed by atoms with Crippen LogP contribution in [0.15, 0.2) is 24.3 Å². The molecule has 92 valence electrons. The molecule has 0 amide bonds. The highest BCUT2D eigenvalue weighted by Gasteiger charge is 2.47. The Balaban J connectivity index is 2.70. The van der Waals surface area contributed by atoms with E-state index in [0.29, 0.717) is 11.8 Å². The van der Waals surface area contributed by atoms with Gasteiger partial charge in [-0.3, -0.25) is 0 Å². The molecular weight excluding hydrogens is 200 g/mol. The van der Waals surface area contributed by atoms with E-state index < -0.39 is 0 Å². The number of epoxide rings is 1. The zero-order valence-corrected chi connectivity index (χ0v) is 10.9. The summed E-state index contributed by atoms with van der Waals surface area (Å²) in [7, 11) is 1.71. The number of rotatable bonds is 7. The van der Waals surface area contributed by atoms with Gasteiger partial charge in [0.1, 0.15) is 6.10 Å². The first-order chi connectivity index (χ1) is 7.65. The summed E-state index contributed by atoms with van der Waals surface area (Å²) in [6, 6.07) is 0. The van der Waals surface area contributed by atoms with E-state index in [4.69, 9.17) is 9.47 Å². The third-order valence-electron chi connectivity index (χ3n) is 3.33. The Morgan fingerprint density at radius 1 is 1.56 bits per heavy atom. The fourth-order valence-electron chi connectivity index (χ4n) is 2.52. The smallest absolute Gasteiger partial charge is 0.184 e. The van der Waals surface area contributed by atoms with Crippen molar-refractivity contribution in [1.29, 1.82) is 0 Å². The molecule has 1 aliphatic rings. The molecule has 1 heterocycles. The van der Waals surface area contributed by atoms with Crippen LogP contribution in [-0.2, 0) is 9.47 Å². The van der Waals surface area contributed by atoms with Gasteiger partial charge in [0, 0.05) is 13.0 Å². The first-order valence-electron chi connectivity index (χ1n) is 6.13. The van der Waals surface area contributed by atoms with Gasteiger partial charge >= 0.3 is 0 Å². The summed E-state index contributed by atoms with van der Waals surface area (Å²) in [5, 5.41) is 0. The normalized spacial score (nSPS) is 28.6. The summed E-state index contributed by atoms with van der Waals surface area (Å²) in [6.45, 7) is 10.4. The molecule has 4 atom stereocenters. The van der Waals surface area contributed by atoms with Crippen molar-refractivity contribution in [2.75, 3.05) is 7.11 Å². The fourth-order valence-corrected chi connectivity index (χ4v) is 2.52. The Morgan fingerprint density at radius 3 is 2.69 bits per heavy atom. The Morgan fingerprint density at radius 2 is 2.25 bits per heavy atom. The highest BCUT2D eigenvalue weighted by atomic mass is 16.8. The van der Waals surface area contributed by atoms with Crippen molar-refractivity contribution in [2.24, 2.45) is 11.8 Å². The van der Waals surface area contributed by atoms with Crippen molar-refractivity contribution in [2.45, 2.75) is 46.0 Å². The molecule has 16 heavy (non-hydrogen) atoms. The maximum Gasteiger partial charge on any atom is 0.184 e. The van der Waals surface area contributed by atoms with Crippen LogP contribution in [0.5, 0.6) is 0 Å². The van der Waals surface area contributed by atoms with Crippen molar-refractivity contribution in [1.82, 2.24) is 0 Å². The third kappa shape index (κ3) is 3.19. The molecule has 1 aliphatic heterocycles. The maximum absolute atomic E-state index is 5.57. The van der Waals surface area contributed by atoms with Crippen LogP contribution in [0, 0.1) is 11.8 Å². The van der Waals surface area contributed by atoms with E-state index in [1.54, 1.807) is 7.11 Å². The summed E-state index contributed by atoms with van der Waals surface area (Å²) in [4.78, 5) is 0. The van der Waals surface area contributed by atoms with E-state index in [1.807, 2.05) is 6.08 Å². The molecule has 0 aliphatic carbocycles. The summed E-state index contributed by atoms with van der Waals surface area (Å²) < 4.78 is 10.8. The summed E-state index contributed by atoms with van der Waals surface area (Å²) in [5.41, 5.74) is 1.35. The van der Waals surface area contributed by atoms with Gasteiger partial charge in [-0.15, -0.1) is 0 Å². The molecule has 2 nitrogen and oxygen atoms in total. The minimum atomic E-state index is -0.00234. The lowest BCUT2D eigenvalue weighted by atomic mass is 9.82. The number of methoxy groups -OCH3 is 1. The molecule has 1 saturated heterocycles. The van der Waals surface area contributed by atoms with Crippen LogP contribution >= 0.6 is 0 Å². The Hall–Kier alpha value is -0.600. The summed E-state index contributed by atoms with van der Waals surface area (Å²) in [6.07, 6.45) is 6.61. The van der Waals surface area contributed by atoms with Gasteiger partial charge in [0.25, 0.3) is 0 Å². The van der Waals surface area contributed by atoms with Gasteiger partial charge in [-0.25, -0.2) is 0 Å². The second-order valence-electron chi connectivity index (χ2n) is 4.64. The maximum atomic E-state index is 5.57. The molecule has 0 aromatic heterocycles. The third-order valence-corrected chi connectivity index (χ3v) is 3.33. The standard InChI is InChI=1S/C14H24O2/c1-6-8-10(3)12(11(4)9-7-2)13-14(15-5)16-13/h6,8,11-14H,1,7,9H2,2-5H3. The molecule has 0 bridgehead atoms. The van der Waals surface area contributed by atoms with Gasteiger partial charge in [0.05, 0.1) is 0 Å². The first kappa shape index (κ1) is 13.5. The molecule has 0 radical (unpaired) electrons. The average molecular weight is 224 g/mol. The van der Waals surface area contributed by atoms with E-state index in [0.717, 1.165) is 0 Å². The van der Waals surface area contributed by atoms with Gasteiger partial charge in [-0.1, -0.05) is 51.0 Å². The van der Waals surface area contributed by atoms with Crippen LogP contribution in [0.25, 0.3) is 0 Å². The van der Waals surface area contributed by atoms with Crippen molar-refractivity contribution >= 4 is 0 Å². The van der Waals surface area contributed by atoms with Gasteiger partial charge in [-0.05, 0) is 12.8 Å². The lowest BCUT2D eigenvalue weighted by Crippen LogP contribution is -2.21. The van der Waals surface area contributed by atoms with E-state index in [2.05, 4.69) is 33.4 Å². The SMILES string of the molecule is C=CC=C(C)C(C(C)CCC)C1OC1OC. The van der Waals surface area contributed by atoms with Crippen LogP contribution in [0.1, 0.15) is 33.6 Å². The minimum Gasteiger partial charge on any atom is -0.353 e. The number of hydrogen-bond acceptors (Lipinski definition) is 2. The van der Waals surface area contributed by atoms with Crippen molar-refractivity contribution in [3.05, 3.63) is 24.3 Å². The average Bonchev–Trinajstić information content (AvgIpc) is 2.98. The highest BCUT2D eigenvalue weighted by Crippen LogP contribution is 2.40. The zero-order valence-electron chi connectivity index (χ0n) is 10.9. The van der Waals surface area contributed by atoms with Crippen LogP contribution in [0.3, 0.4) is 0 Å². The predicted octanol–water partition coefficient (Wildman–Crippen LogP) is 3.54. The van der Waals surface area contributed by atoms with E-state index in [9.17, 15) is 0 Å². The van der Waals surface area contributed by atoms with Crippen LogP contribution in [0.2, 0.25) is 0 Å². The highest BCUT2D eigenvalue weighted by molar-refractivity contribution is 5.16. The Labute approximate surface area is 99.3 Å². The van der Waals surface area contributed by atoms with Crippen molar-refractivity contribution in [3.63, 3.8) is 0 Å². The lowest BCUT2D eigenvalue weighted by molar-refractivity contribution is 0.0950. The van der Waals surface area contributed by atoms with E-state index in [-0.39, 0.29) is 12.4 Å². The summed E-state index contributed by atoms with van der Waals surface area (Å²) >= 11 is 0. The molecule has 0 aromatic carbocycles. The molecule has 0 saturated carbocycles. The molecule has 0 N–H and O–H groups in total. The van der Waals surface area contributed by atoms with E-state index in [1.165, 1.54) is 18.4 Å². The Kier molecular flexibility index (Phi) is 5.23. The lowest BCUT2D eigenvalue weighted by Gasteiger charge is -2.22. The topological polar surface area (TPSA) is 21.8 Å². The van der Waals surface area contributed by atoms with Crippen molar-refractivity contribution in [3.8, 4) is 0 Å². The van der Waals surface area contributed by atoms with Gasteiger partial charge in [0.15, 0.2) is 6.29 Å². The number of ether oxygens (including phenoxy) is 2. The van der Waals surface area contributed by atoms with Gasteiger partial charge in [0.2, 0.25) is 0 Å². The quantitative estimate of drug-likeness (QED) is 0.487. The van der Waals surface area contributed by atoms with Crippen molar-refractivity contribution < 1.29 is 9.47 Å². The van der Waals surface area contributed by atoms with Crippen LogP contribution < -0.4 is 0 Å². The second-order valence-corrected chi connectivity index (χ2v) is 4.64. The monoisotopic (exact) mass is 224 g/mol.